The van der Waals surface area contributed by atoms with E-state index in [1.54, 1.807) is 17.2 Å². The van der Waals surface area contributed by atoms with Crippen LogP contribution in [0.1, 0.15) is 28.1 Å². The second-order valence-corrected chi connectivity index (χ2v) is 7.69. The molecule has 0 unspecified atom stereocenters. The molecule has 0 saturated heterocycles. The van der Waals surface area contributed by atoms with Gasteiger partial charge >= 0.3 is 0 Å². The molecule has 1 aliphatic heterocycles. The van der Waals surface area contributed by atoms with E-state index in [4.69, 9.17) is 20.1 Å². The quantitative estimate of drug-likeness (QED) is 0.298. The van der Waals surface area contributed by atoms with Crippen molar-refractivity contribution in [1.29, 1.82) is 10.8 Å². The molecule has 0 radical (unpaired) electrons. The van der Waals surface area contributed by atoms with Gasteiger partial charge in [-0.1, -0.05) is 41.6 Å². The number of benzene rings is 2. The molecule has 3 N–H and O–H groups in total. The summed E-state index contributed by atoms with van der Waals surface area (Å²) in [7, 11) is 0. The molecule has 1 aliphatic rings. The van der Waals surface area contributed by atoms with Gasteiger partial charge in [0.2, 0.25) is 0 Å². The van der Waals surface area contributed by atoms with E-state index in [0.717, 1.165) is 22.7 Å². The molecule has 0 atom stereocenters. The fourth-order valence-electron chi connectivity index (χ4n) is 3.72. The number of hydrogen-bond donors (Lipinski definition) is 3. The molecule has 2 aromatic heterocycles. The van der Waals surface area contributed by atoms with Gasteiger partial charge in [0.15, 0.2) is 5.82 Å². The van der Waals surface area contributed by atoms with Crippen LogP contribution in [0.2, 0.25) is 0 Å². The standard InChI is InChI=1S/C25H22N6O2/c1-16-13-19(30-33-16)15-32-14-17-8-10-18(11-9-17)23(26)31-22-7-4-12-28-25(22)29-21-6-3-2-5-20(21)24(31)27/h2-13,26-27H,14-15H2,1H3,(H,28,29). The lowest BCUT2D eigenvalue weighted by Gasteiger charge is -2.25. The maximum absolute atomic E-state index is 8.93. The van der Waals surface area contributed by atoms with Gasteiger partial charge in [0.1, 0.15) is 23.1 Å². The molecule has 5 rings (SSSR count). The third-order valence-electron chi connectivity index (χ3n) is 5.33. The van der Waals surface area contributed by atoms with Crippen molar-refractivity contribution in [3.63, 3.8) is 0 Å². The zero-order chi connectivity index (χ0) is 22.8. The second kappa shape index (κ2) is 8.68. The number of amidine groups is 2. The first-order valence-corrected chi connectivity index (χ1v) is 10.5. The highest BCUT2D eigenvalue weighted by atomic mass is 16.5. The molecule has 0 bridgehead atoms. The number of nitrogens with one attached hydrogen (secondary N) is 3. The van der Waals surface area contributed by atoms with Gasteiger partial charge < -0.3 is 14.6 Å². The smallest absolute Gasteiger partial charge is 0.154 e. The summed E-state index contributed by atoms with van der Waals surface area (Å²) < 4.78 is 10.8. The Balaban J connectivity index is 1.37. The van der Waals surface area contributed by atoms with E-state index in [-0.39, 0.29) is 11.7 Å². The van der Waals surface area contributed by atoms with Crippen LogP contribution in [0.15, 0.2) is 77.4 Å². The van der Waals surface area contributed by atoms with Crippen molar-refractivity contribution in [1.82, 2.24) is 10.1 Å². The highest BCUT2D eigenvalue weighted by molar-refractivity contribution is 6.30. The number of aryl methyl sites for hydroxylation is 1. The zero-order valence-electron chi connectivity index (χ0n) is 18.0. The number of pyridine rings is 1. The summed E-state index contributed by atoms with van der Waals surface area (Å²) in [5.74, 6) is 1.76. The molecular weight excluding hydrogens is 416 g/mol. The largest absolute Gasteiger partial charge is 0.370 e. The summed E-state index contributed by atoms with van der Waals surface area (Å²) in [5.41, 5.74) is 4.56. The Bertz CT molecular complexity index is 1330. The molecule has 4 aromatic rings. The molecule has 0 saturated carbocycles. The van der Waals surface area contributed by atoms with E-state index in [0.29, 0.717) is 35.8 Å². The van der Waals surface area contributed by atoms with E-state index in [2.05, 4.69) is 15.5 Å². The minimum absolute atomic E-state index is 0.193. The number of nitrogens with zero attached hydrogens (tertiary/aromatic N) is 3. The number of aromatic nitrogens is 2. The lowest BCUT2D eigenvalue weighted by atomic mass is 10.1. The minimum atomic E-state index is 0.193. The van der Waals surface area contributed by atoms with Crippen LogP contribution in [0.3, 0.4) is 0 Å². The number of para-hydroxylation sites is 1. The topological polar surface area (TPSA) is 111 Å². The van der Waals surface area contributed by atoms with Crippen LogP contribution in [0.25, 0.3) is 0 Å². The summed E-state index contributed by atoms with van der Waals surface area (Å²) in [6.07, 6.45) is 1.69. The summed E-state index contributed by atoms with van der Waals surface area (Å²) >= 11 is 0. The van der Waals surface area contributed by atoms with Crippen molar-refractivity contribution in [2.75, 3.05) is 10.2 Å². The normalized spacial score (nSPS) is 12.5. The number of hydrogen-bond acceptors (Lipinski definition) is 7. The van der Waals surface area contributed by atoms with Crippen LogP contribution in [-0.2, 0) is 18.0 Å². The summed E-state index contributed by atoms with van der Waals surface area (Å²) in [6.45, 7) is 2.64. The first-order chi connectivity index (χ1) is 16.1. The van der Waals surface area contributed by atoms with Crippen molar-refractivity contribution in [2.24, 2.45) is 0 Å². The number of ether oxygens (including phenoxy) is 1. The third-order valence-corrected chi connectivity index (χ3v) is 5.33. The Morgan fingerprint density at radius 1 is 1.06 bits per heavy atom. The lowest BCUT2D eigenvalue weighted by Crippen LogP contribution is -2.36. The fraction of sp³-hybridized carbons (Fsp3) is 0.120. The van der Waals surface area contributed by atoms with Crippen LogP contribution >= 0.6 is 0 Å². The van der Waals surface area contributed by atoms with Crippen LogP contribution < -0.4 is 10.2 Å². The average molecular weight is 438 g/mol. The van der Waals surface area contributed by atoms with Gasteiger partial charge in [-0.3, -0.25) is 15.7 Å². The zero-order valence-corrected chi connectivity index (χ0v) is 18.0. The molecule has 0 aliphatic carbocycles. The molecule has 8 heteroatoms. The van der Waals surface area contributed by atoms with Gasteiger partial charge in [0, 0.05) is 23.4 Å². The summed E-state index contributed by atoms with van der Waals surface area (Å²) in [4.78, 5) is 6.05. The van der Waals surface area contributed by atoms with Gasteiger partial charge in [0.05, 0.1) is 24.6 Å². The first kappa shape index (κ1) is 20.6. The highest BCUT2D eigenvalue weighted by Crippen LogP contribution is 2.34. The predicted octanol–water partition coefficient (Wildman–Crippen LogP) is 5.01. The van der Waals surface area contributed by atoms with Crippen LogP contribution in [0.4, 0.5) is 17.2 Å². The van der Waals surface area contributed by atoms with E-state index in [1.807, 2.05) is 67.6 Å². The van der Waals surface area contributed by atoms with Gasteiger partial charge in [-0.15, -0.1) is 0 Å². The van der Waals surface area contributed by atoms with Crippen LogP contribution in [0.5, 0.6) is 0 Å². The Labute approximate surface area is 190 Å². The Morgan fingerprint density at radius 3 is 2.67 bits per heavy atom. The fourth-order valence-corrected chi connectivity index (χ4v) is 3.72. The van der Waals surface area contributed by atoms with E-state index in [1.165, 1.54) is 0 Å². The molecule has 2 aromatic carbocycles. The summed E-state index contributed by atoms with van der Waals surface area (Å²) in [6, 6.07) is 20.7. The molecule has 0 amide bonds. The maximum Gasteiger partial charge on any atom is 0.154 e. The lowest BCUT2D eigenvalue weighted by molar-refractivity contribution is 0.102. The second-order valence-electron chi connectivity index (χ2n) is 7.69. The highest BCUT2D eigenvalue weighted by Gasteiger charge is 2.28. The molecule has 164 valence electrons. The van der Waals surface area contributed by atoms with Crippen LogP contribution in [0, 0.1) is 17.7 Å². The number of anilines is 3. The first-order valence-electron chi connectivity index (χ1n) is 10.5. The monoisotopic (exact) mass is 438 g/mol. The Hall–Kier alpha value is -4.30. The van der Waals surface area contributed by atoms with Crippen molar-refractivity contribution in [2.45, 2.75) is 20.1 Å². The van der Waals surface area contributed by atoms with Crippen molar-refractivity contribution in [3.8, 4) is 0 Å². The SMILES string of the molecule is Cc1cc(COCc2ccc(C(=N)N3C(=N)c4ccccc4Nc4ncccc43)cc2)no1. The van der Waals surface area contributed by atoms with E-state index < -0.39 is 0 Å². The molecule has 0 spiro atoms. The van der Waals surface area contributed by atoms with Crippen molar-refractivity contribution < 1.29 is 9.26 Å². The van der Waals surface area contributed by atoms with Gasteiger partial charge in [-0.25, -0.2) is 4.98 Å². The van der Waals surface area contributed by atoms with Gasteiger partial charge in [-0.2, -0.15) is 0 Å². The third kappa shape index (κ3) is 4.11. The van der Waals surface area contributed by atoms with Crippen LogP contribution in [-0.4, -0.2) is 21.8 Å². The molecule has 33 heavy (non-hydrogen) atoms. The maximum atomic E-state index is 8.93. The average Bonchev–Trinajstić information content (AvgIpc) is 3.20. The molecule has 8 nitrogen and oxygen atoms in total. The number of fused-ring (bicyclic) bond motifs is 2. The van der Waals surface area contributed by atoms with Crippen molar-refractivity contribution >= 4 is 28.9 Å². The summed E-state index contributed by atoms with van der Waals surface area (Å²) in [5, 5.41) is 25.0. The minimum Gasteiger partial charge on any atom is -0.370 e. The van der Waals surface area contributed by atoms with Crippen molar-refractivity contribution in [3.05, 3.63) is 101 Å². The Kier molecular flexibility index (Phi) is 5.42. The molecule has 0 fully saturated rings. The molecular formula is C25H22N6O2. The van der Waals surface area contributed by atoms with Gasteiger partial charge in [0.25, 0.3) is 0 Å². The van der Waals surface area contributed by atoms with E-state index in [9.17, 15) is 0 Å². The Morgan fingerprint density at radius 2 is 1.88 bits per heavy atom. The van der Waals surface area contributed by atoms with E-state index >= 15 is 0 Å². The van der Waals surface area contributed by atoms with Gasteiger partial charge in [-0.05, 0) is 36.8 Å². The number of rotatable bonds is 5. The molecule has 3 heterocycles. The predicted molar refractivity (Wildman–Crippen MR) is 126 cm³/mol.